The van der Waals surface area contributed by atoms with Gasteiger partial charge in [-0.3, -0.25) is 0 Å². The highest BCUT2D eigenvalue weighted by molar-refractivity contribution is 5.44. The van der Waals surface area contributed by atoms with E-state index >= 15 is 0 Å². The van der Waals surface area contributed by atoms with Crippen LogP contribution in [0.1, 0.15) is 36.5 Å². The summed E-state index contributed by atoms with van der Waals surface area (Å²) in [6.45, 7) is 6.33. The predicted molar refractivity (Wildman–Crippen MR) is 77.7 cm³/mol. The standard InChI is InChI=1S/C17H20O2/c1-12(2)15-9-8-13(3)10-17(15)19-16-7-5-4-6-14(16)11-18/h4-10,12,18H,11H2,1-3H3. The molecule has 0 amide bonds. The Morgan fingerprint density at radius 1 is 1.05 bits per heavy atom. The molecule has 0 aromatic heterocycles. The van der Waals surface area contributed by atoms with Crippen molar-refractivity contribution in [1.82, 2.24) is 0 Å². The van der Waals surface area contributed by atoms with E-state index in [2.05, 4.69) is 32.9 Å². The molecule has 2 heteroatoms. The van der Waals surface area contributed by atoms with E-state index in [1.807, 2.05) is 30.3 Å². The Morgan fingerprint density at radius 2 is 1.79 bits per heavy atom. The molecule has 0 spiro atoms. The average Bonchev–Trinajstić information content (AvgIpc) is 2.39. The first-order valence-electron chi connectivity index (χ1n) is 6.59. The summed E-state index contributed by atoms with van der Waals surface area (Å²) >= 11 is 0. The molecular formula is C17H20O2. The number of hydrogen-bond donors (Lipinski definition) is 1. The SMILES string of the molecule is Cc1ccc(C(C)C)c(Oc2ccccc2CO)c1. The van der Waals surface area contributed by atoms with Crippen LogP contribution in [0.3, 0.4) is 0 Å². The first kappa shape index (κ1) is 13.6. The summed E-state index contributed by atoms with van der Waals surface area (Å²) in [7, 11) is 0. The van der Waals surface area contributed by atoms with Crippen LogP contribution in [0.2, 0.25) is 0 Å². The quantitative estimate of drug-likeness (QED) is 0.878. The molecule has 0 fully saturated rings. The fourth-order valence-electron chi connectivity index (χ4n) is 2.06. The van der Waals surface area contributed by atoms with Crippen molar-refractivity contribution >= 4 is 0 Å². The van der Waals surface area contributed by atoms with Crippen LogP contribution in [0.4, 0.5) is 0 Å². The van der Waals surface area contributed by atoms with Crippen LogP contribution in [0.25, 0.3) is 0 Å². The lowest BCUT2D eigenvalue weighted by atomic mass is 10.0. The molecule has 1 N–H and O–H groups in total. The van der Waals surface area contributed by atoms with Crippen molar-refractivity contribution in [2.75, 3.05) is 0 Å². The Bertz CT molecular complexity index is 559. The number of ether oxygens (including phenoxy) is 1. The lowest BCUT2D eigenvalue weighted by molar-refractivity contribution is 0.276. The highest BCUT2D eigenvalue weighted by atomic mass is 16.5. The van der Waals surface area contributed by atoms with E-state index in [4.69, 9.17) is 4.74 Å². The molecule has 2 aromatic carbocycles. The van der Waals surface area contributed by atoms with Crippen molar-refractivity contribution in [3.63, 3.8) is 0 Å². The van der Waals surface area contributed by atoms with E-state index in [0.717, 1.165) is 17.1 Å². The third-order valence-electron chi connectivity index (χ3n) is 3.15. The van der Waals surface area contributed by atoms with Gasteiger partial charge < -0.3 is 9.84 Å². The van der Waals surface area contributed by atoms with Crippen molar-refractivity contribution in [3.05, 3.63) is 59.2 Å². The highest BCUT2D eigenvalue weighted by Crippen LogP contribution is 2.32. The molecule has 0 unspecified atom stereocenters. The monoisotopic (exact) mass is 256 g/mol. The van der Waals surface area contributed by atoms with Crippen molar-refractivity contribution in [1.29, 1.82) is 0 Å². The third-order valence-corrected chi connectivity index (χ3v) is 3.15. The second-order valence-electron chi connectivity index (χ2n) is 5.06. The zero-order valence-corrected chi connectivity index (χ0v) is 11.7. The van der Waals surface area contributed by atoms with Gasteiger partial charge in [0.25, 0.3) is 0 Å². The zero-order chi connectivity index (χ0) is 13.8. The molecule has 0 radical (unpaired) electrons. The van der Waals surface area contributed by atoms with Crippen molar-refractivity contribution in [2.45, 2.75) is 33.3 Å². The van der Waals surface area contributed by atoms with Crippen molar-refractivity contribution in [3.8, 4) is 11.5 Å². The number of aryl methyl sites for hydroxylation is 1. The number of para-hydroxylation sites is 1. The minimum atomic E-state index is -0.0149. The Balaban J connectivity index is 2.39. The largest absolute Gasteiger partial charge is 0.457 e. The summed E-state index contributed by atoms with van der Waals surface area (Å²) in [5, 5.41) is 9.35. The maximum atomic E-state index is 9.35. The van der Waals surface area contributed by atoms with Crippen LogP contribution in [-0.2, 0) is 6.61 Å². The molecule has 0 atom stereocenters. The van der Waals surface area contributed by atoms with E-state index in [1.54, 1.807) is 0 Å². The van der Waals surface area contributed by atoms with Gasteiger partial charge in [-0.2, -0.15) is 0 Å². The van der Waals surface area contributed by atoms with E-state index in [9.17, 15) is 5.11 Å². The van der Waals surface area contributed by atoms with Crippen LogP contribution >= 0.6 is 0 Å². The second kappa shape index (κ2) is 5.89. The average molecular weight is 256 g/mol. The van der Waals surface area contributed by atoms with Gasteiger partial charge in [0.2, 0.25) is 0 Å². The predicted octanol–water partition coefficient (Wildman–Crippen LogP) is 4.40. The minimum Gasteiger partial charge on any atom is -0.457 e. The summed E-state index contributed by atoms with van der Waals surface area (Å²) in [6, 6.07) is 13.8. The molecule has 0 heterocycles. The lowest BCUT2D eigenvalue weighted by Crippen LogP contribution is -1.97. The van der Waals surface area contributed by atoms with E-state index < -0.39 is 0 Å². The zero-order valence-electron chi connectivity index (χ0n) is 11.7. The Labute approximate surface area is 114 Å². The lowest BCUT2D eigenvalue weighted by Gasteiger charge is -2.16. The van der Waals surface area contributed by atoms with Gasteiger partial charge in [0.15, 0.2) is 0 Å². The molecule has 2 rings (SSSR count). The van der Waals surface area contributed by atoms with Crippen LogP contribution in [-0.4, -0.2) is 5.11 Å². The Morgan fingerprint density at radius 3 is 2.47 bits per heavy atom. The summed E-state index contributed by atoms with van der Waals surface area (Å²) in [6.07, 6.45) is 0. The first-order valence-corrected chi connectivity index (χ1v) is 6.59. The van der Waals surface area contributed by atoms with Gasteiger partial charge in [-0.05, 0) is 36.1 Å². The van der Waals surface area contributed by atoms with Gasteiger partial charge in [0, 0.05) is 5.56 Å². The van der Waals surface area contributed by atoms with Crippen molar-refractivity contribution in [2.24, 2.45) is 0 Å². The second-order valence-corrected chi connectivity index (χ2v) is 5.06. The maximum Gasteiger partial charge on any atom is 0.132 e. The molecule has 19 heavy (non-hydrogen) atoms. The summed E-state index contributed by atoms with van der Waals surface area (Å²) in [5.74, 6) is 1.99. The van der Waals surface area contributed by atoms with Crippen LogP contribution in [0.5, 0.6) is 11.5 Å². The number of rotatable bonds is 4. The molecule has 0 aliphatic heterocycles. The maximum absolute atomic E-state index is 9.35. The molecule has 0 saturated heterocycles. The Hall–Kier alpha value is -1.80. The van der Waals surface area contributed by atoms with Crippen molar-refractivity contribution < 1.29 is 9.84 Å². The molecule has 0 aliphatic carbocycles. The number of aliphatic hydroxyl groups excluding tert-OH is 1. The number of benzene rings is 2. The fraction of sp³-hybridized carbons (Fsp3) is 0.294. The molecule has 100 valence electrons. The first-order chi connectivity index (χ1) is 9.11. The molecule has 2 aromatic rings. The van der Waals surface area contributed by atoms with Gasteiger partial charge in [-0.15, -0.1) is 0 Å². The normalized spacial score (nSPS) is 10.8. The van der Waals surface area contributed by atoms with E-state index in [0.29, 0.717) is 5.92 Å². The van der Waals surface area contributed by atoms with Gasteiger partial charge in [-0.1, -0.05) is 44.2 Å². The van der Waals surface area contributed by atoms with Gasteiger partial charge in [0.1, 0.15) is 11.5 Å². The molecule has 0 aliphatic rings. The van der Waals surface area contributed by atoms with E-state index in [1.165, 1.54) is 11.1 Å². The summed E-state index contributed by atoms with van der Waals surface area (Å²) < 4.78 is 6.01. The molecule has 2 nitrogen and oxygen atoms in total. The number of aliphatic hydroxyl groups is 1. The highest BCUT2D eigenvalue weighted by Gasteiger charge is 2.10. The molecule has 0 bridgehead atoms. The van der Waals surface area contributed by atoms with Crippen LogP contribution in [0, 0.1) is 6.92 Å². The van der Waals surface area contributed by atoms with Gasteiger partial charge >= 0.3 is 0 Å². The third kappa shape index (κ3) is 3.15. The fourth-order valence-corrected chi connectivity index (χ4v) is 2.06. The smallest absolute Gasteiger partial charge is 0.132 e. The summed E-state index contributed by atoms with van der Waals surface area (Å²) in [5.41, 5.74) is 3.15. The van der Waals surface area contributed by atoms with Crippen LogP contribution < -0.4 is 4.74 Å². The van der Waals surface area contributed by atoms with E-state index in [-0.39, 0.29) is 6.61 Å². The van der Waals surface area contributed by atoms with Crippen LogP contribution in [0.15, 0.2) is 42.5 Å². The number of hydrogen-bond acceptors (Lipinski definition) is 2. The van der Waals surface area contributed by atoms with Gasteiger partial charge in [-0.25, -0.2) is 0 Å². The topological polar surface area (TPSA) is 29.5 Å². The Kier molecular flexibility index (Phi) is 4.23. The summed E-state index contributed by atoms with van der Waals surface area (Å²) in [4.78, 5) is 0. The molecular weight excluding hydrogens is 236 g/mol. The van der Waals surface area contributed by atoms with Gasteiger partial charge in [0.05, 0.1) is 6.61 Å². The molecule has 0 saturated carbocycles. The minimum absolute atomic E-state index is 0.0149.